The minimum absolute atomic E-state index is 0.221. The minimum atomic E-state index is 0.221. The lowest BCUT2D eigenvalue weighted by atomic mass is 10.2. The van der Waals surface area contributed by atoms with E-state index in [2.05, 4.69) is 9.97 Å². The Morgan fingerprint density at radius 3 is 2.33 bits per heavy atom. The molecule has 0 bridgehead atoms. The standard InChI is InChI=1S/C11H20N4/c1-8(12)5-6-15(4)11-13-9(2)7-10(3)14-11/h7-8H,5-6,12H2,1-4H3. The lowest BCUT2D eigenvalue weighted by molar-refractivity contribution is 0.652. The molecule has 1 aromatic rings. The maximum absolute atomic E-state index is 5.71. The summed E-state index contributed by atoms with van der Waals surface area (Å²) < 4.78 is 0. The third-order valence-electron chi connectivity index (χ3n) is 2.23. The van der Waals surface area contributed by atoms with Crippen LogP contribution in [0.2, 0.25) is 0 Å². The van der Waals surface area contributed by atoms with Crippen LogP contribution in [0.3, 0.4) is 0 Å². The molecule has 0 aliphatic heterocycles. The second-order valence-corrected chi connectivity index (χ2v) is 4.14. The molecule has 1 aromatic heterocycles. The first kappa shape index (κ1) is 11.9. The molecule has 0 fully saturated rings. The van der Waals surface area contributed by atoms with Gasteiger partial charge in [-0.3, -0.25) is 0 Å². The van der Waals surface area contributed by atoms with Gasteiger partial charge in [-0.05, 0) is 33.3 Å². The number of aromatic nitrogens is 2. The van der Waals surface area contributed by atoms with Crippen LogP contribution in [0.25, 0.3) is 0 Å². The topological polar surface area (TPSA) is 55.0 Å². The molecular formula is C11H20N4. The van der Waals surface area contributed by atoms with Crippen LogP contribution in [0.5, 0.6) is 0 Å². The number of aryl methyl sites for hydroxylation is 2. The largest absolute Gasteiger partial charge is 0.344 e. The van der Waals surface area contributed by atoms with E-state index in [4.69, 9.17) is 5.73 Å². The molecule has 1 unspecified atom stereocenters. The van der Waals surface area contributed by atoms with Crippen molar-refractivity contribution in [2.45, 2.75) is 33.2 Å². The van der Waals surface area contributed by atoms with Gasteiger partial charge in [-0.15, -0.1) is 0 Å². The first-order valence-corrected chi connectivity index (χ1v) is 5.28. The van der Waals surface area contributed by atoms with Crippen molar-refractivity contribution >= 4 is 5.95 Å². The van der Waals surface area contributed by atoms with E-state index < -0.39 is 0 Å². The summed E-state index contributed by atoms with van der Waals surface area (Å²) in [4.78, 5) is 10.8. The quantitative estimate of drug-likeness (QED) is 0.809. The number of nitrogens with zero attached hydrogens (tertiary/aromatic N) is 3. The van der Waals surface area contributed by atoms with Crippen molar-refractivity contribution in [2.24, 2.45) is 5.73 Å². The summed E-state index contributed by atoms with van der Waals surface area (Å²) in [5, 5.41) is 0. The average Bonchev–Trinajstić information content (AvgIpc) is 2.12. The normalized spacial score (nSPS) is 12.6. The highest BCUT2D eigenvalue weighted by molar-refractivity contribution is 5.30. The summed E-state index contributed by atoms with van der Waals surface area (Å²) >= 11 is 0. The molecule has 0 aromatic carbocycles. The monoisotopic (exact) mass is 208 g/mol. The Hall–Kier alpha value is -1.16. The Morgan fingerprint density at radius 1 is 1.33 bits per heavy atom. The highest BCUT2D eigenvalue weighted by Gasteiger charge is 2.06. The maximum Gasteiger partial charge on any atom is 0.225 e. The molecule has 4 nitrogen and oxygen atoms in total. The van der Waals surface area contributed by atoms with Crippen LogP contribution in [-0.4, -0.2) is 29.6 Å². The average molecular weight is 208 g/mol. The van der Waals surface area contributed by atoms with Crippen LogP contribution in [-0.2, 0) is 0 Å². The minimum Gasteiger partial charge on any atom is -0.344 e. The van der Waals surface area contributed by atoms with E-state index in [1.165, 1.54) is 0 Å². The maximum atomic E-state index is 5.71. The number of hydrogen-bond donors (Lipinski definition) is 1. The first-order valence-electron chi connectivity index (χ1n) is 5.28. The van der Waals surface area contributed by atoms with E-state index in [1.54, 1.807) is 0 Å². The zero-order chi connectivity index (χ0) is 11.4. The predicted octanol–water partition coefficient (Wildman–Crippen LogP) is 1.27. The Labute approximate surface area is 91.5 Å². The van der Waals surface area contributed by atoms with Crippen molar-refractivity contribution in [1.29, 1.82) is 0 Å². The van der Waals surface area contributed by atoms with Crippen molar-refractivity contribution in [3.63, 3.8) is 0 Å². The molecule has 0 saturated carbocycles. The molecule has 15 heavy (non-hydrogen) atoms. The van der Waals surface area contributed by atoms with Crippen molar-refractivity contribution in [3.8, 4) is 0 Å². The zero-order valence-electron chi connectivity index (χ0n) is 9.99. The molecule has 1 heterocycles. The molecule has 84 valence electrons. The first-order chi connectivity index (χ1) is 6.99. The van der Waals surface area contributed by atoms with E-state index in [1.807, 2.05) is 38.8 Å². The van der Waals surface area contributed by atoms with Gasteiger partial charge < -0.3 is 10.6 Å². The molecule has 1 atom stereocenters. The van der Waals surface area contributed by atoms with Gasteiger partial charge in [0.15, 0.2) is 0 Å². The van der Waals surface area contributed by atoms with E-state index >= 15 is 0 Å². The van der Waals surface area contributed by atoms with Gasteiger partial charge in [0.1, 0.15) is 0 Å². The van der Waals surface area contributed by atoms with Crippen LogP contribution in [0.15, 0.2) is 6.07 Å². The predicted molar refractivity (Wildman–Crippen MR) is 63.0 cm³/mol. The highest BCUT2D eigenvalue weighted by Crippen LogP contribution is 2.08. The van der Waals surface area contributed by atoms with Crippen molar-refractivity contribution in [3.05, 3.63) is 17.5 Å². The van der Waals surface area contributed by atoms with E-state index in [9.17, 15) is 0 Å². The smallest absolute Gasteiger partial charge is 0.225 e. The van der Waals surface area contributed by atoms with Gasteiger partial charge in [-0.25, -0.2) is 9.97 Å². The molecule has 1 rings (SSSR count). The van der Waals surface area contributed by atoms with Crippen LogP contribution in [0.4, 0.5) is 5.95 Å². The molecular weight excluding hydrogens is 188 g/mol. The van der Waals surface area contributed by atoms with Crippen LogP contribution < -0.4 is 10.6 Å². The summed E-state index contributed by atoms with van der Waals surface area (Å²) in [5.74, 6) is 0.785. The van der Waals surface area contributed by atoms with Crippen LogP contribution in [0.1, 0.15) is 24.7 Å². The Balaban J connectivity index is 2.68. The van der Waals surface area contributed by atoms with Gasteiger partial charge in [0.2, 0.25) is 5.95 Å². The lowest BCUT2D eigenvalue weighted by Crippen LogP contribution is -2.27. The number of nitrogens with two attached hydrogens (primary N) is 1. The zero-order valence-corrected chi connectivity index (χ0v) is 9.99. The molecule has 0 radical (unpaired) electrons. The van der Waals surface area contributed by atoms with Crippen molar-refractivity contribution in [1.82, 2.24) is 9.97 Å². The summed E-state index contributed by atoms with van der Waals surface area (Å²) in [6.45, 7) is 6.87. The molecule has 0 spiro atoms. The van der Waals surface area contributed by atoms with E-state index in [0.29, 0.717) is 0 Å². The fourth-order valence-corrected chi connectivity index (χ4v) is 1.38. The SMILES string of the molecule is Cc1cc(C)nc(N(C)CCC(C)N)n1. The number of anilines is 1. The van der Waals surface area contributed by atoms with Gasteiger partial charge in [0, 0.05) is 31.0 Å². The van der Waals surface area contributed by atoms with Crippen molar-refractivity contribution < 1.29 is 0 Å². The highest BCUT2D eigenvalue weighted by atomic mass is 15.2. The molecule has 0 aliphatic carbocycles. The lowest BCUT2D eigenvalue weighted by Gasteiger charge is -2.18. The van der Waals surface area contributed by atoms with Crippen LogP contribution in [0, 0.1) is 13.8 Å². The van der Waals surface area contributed by atoms with Gasteiger partial charge >= 0.3 is 0 Å². The van der Waals surface area contributed by atoms with E-state index in [-0.39, 0.29) is 6.04 Å². The molecule has 4 heteroatoms. The third kappa shape index (κ3) is 3.83. The fraction of sp³-hybridized carbons (Fsp3) is 0.636. The number of rotatable bonds is 4. The second kappa shape index (κ2) is 5.07. The molecule has 0 amide bonds. The van der Waals surface area contributed by atoms with Crippen molar-refractivity contribution in [2.75, 3.05) is 18.5 Å². The van der Waals surface area contributed by atoms with Gasteiger partial charge in [0.25, 0.3) is 0 Å². The summed E-state index contributed by atoms with van der Waals surface area (Å²) in [7, 11) is 2.00. The summed E-state index contributed by atoms with van der Waals surface area (Å²) in [5.41, 5.74) is 7.72. The number of hydrogen-bond acceptors (Lipinski definition) is 4. The molecule has 0 aliphatic rings. The fourth-order valence-electron chi connectivity index (χ4n) is 1.38. The van der Waals surface area contributed by atoms with Gasteiger partial charge in [-0.2, -0.15) is 0 Å². The van der Waals surface area contributed by atoms with Gasteiger partial charge in [-0.1, -0.05) is 0 Å². The Morgan fingerprint density at radius 2 is 1.87 bits per heavy atom. The Bertz CT molecular complexity index is 302. The van der Waals surface area contributed by atoms with E-state index in [0.717, 1.165) is 30.3 Å². The summed E-state index contributed by atoms with van der Waals surface area (Å²) in [6, 6.07) is 2.20. The molecule has 0 saturated heterocycles. The van der Waals surface area contributed by atoms with Gasteiger partial charge in [0.05, 0.1) is 0 Å². The molecule has 2 N–H and O–H groups in total. The Kier molecular flexibility index (Phi) is 4.03. The summed E-state index contributed by atoms with van der Waals surface area (Å²) in [6.07, 6.45) is 0.951. The van der Waals surface area contributed by atoms with Crippen LogP contribution >= 0.6 is 0 Å². The third-order valence-corrected chi connectivity index (χ3v) is 2.23. The second-order valence-electron chi connectivity index (χ2n) is 4.14.